The third-order valence-corrected chi connectivity index (χ3v) is 6.83. The van der Waals surface area contributed by atoms with Crippen LogP contribution in [0.5, 0.6) is 5.75 Å². The summed E-state index contributed by atoms with van der Waals surface area (Å²) in [5.74, 6) is -95.5. The number of para-hydroxylation sites is 1. The van der Waals surface area contributed by atoms with Gasteiger partial charge < -0.3 is 4.18 Å². The van der Waals surface area contributed by atoms with Crippen molar-refractivity contribution >= 4 is 39.7 Å². The van der Waals surface area contributed by atoms with Crippen molar-refractivity contribution in [1.29, 1.82) is 0 Å². The molecular weight excluding hydrogens is 794 g/mol. The zero-order valence-electron chi connectivity index (χ0n) is 20.5. The average molecular weight is 800 g/mol. The second kappa shape index (κ2) is 12.2. The van der Waals surface area contributed by atoms with Crippen molar-refractivity contribution in [1.82, 2.24) is 0 Å². The van der Waals surface area contributed by atoms with Gasteiger partial charge in [-0.2, -0.15) is 118 Å². The van der Waals surface area contributed by atoms with Crippen molar-refractivity contribution < 1.29 is 122 Å². The van der Waals surface area contributed by atoms with Crippen LogP contribution >= 0.6 is 0 Å². The molecular formula is C18H6F25NaO3S. The summed E-state index contributed by atoms with van der Waals surface area (Å²) in [6.45, 7) is 0. The molecule has 0 aliphatic rings. The molecule has 1 aromatic carbocycles. The SMILES string of the molecule is O=S(=O)(Oc1ccccc1)C(F)(F)C(F)(F)C(F)(F)C(F)(F)C(F)(F)C(F)(F)C(F)(F)C(F)(F)C(F)(F)C(F)(F)C(F)(F)C(F)(F)F.[NaH]. The Morgan fingerprint density at radius 3 is 0.854 bits per heavy atom. The van der Waals surface area contributed by atoms with Crippen molar-refractivity contribution in [2.24, 2.45) is 0 Å². The Kier molecular flexibility index (Phi) is 11.7. The molecule has 0 unspecified atom stereocenters. The third kappa shape index (κ3) is 5.81. The minimum absolute atomic E-state index is 0. The van der Waals surface area contributed by atoms with Gasteiger partial charge in [0.2, 0.25) is 0 Å². The topological polar surface area (TPSA) is 43.4 Å². The zero-order valence-corrected chi connectivity index (χ0v) is 21.3. The number of hydrogen-bond acceptors (Lipinski definition) is 3. The van der Waals surface area contributed by atoms with E-state index >= 15 is 0 Å². The van der Waals surface area contributed by atoms with Crippen LogP contribution in [0.15, 0.2) is 30.3 Å². The number of hydrogen-bond donors (Lipinski definition) is 0. The molecule has 0 aliphatic carbocycles. The van der Waals surface area contributed by atoms with Crippen LogP contribution < -0.4 is 4.18 Å². The van der Waals surface area contributed by atoms with Gasteiger partial charge in [0.1, 0.15) is 5.75 Å². The molecule has 48 heavy (non-hydrogen) atoms. The van der Waals surface area contributed by atoms with Gasteiger partial charge in [-0.25, -0.2) is 0 Å². The average Bonchev–Trinajstić information content (AvgIpc) is 2.86. The molecule has 1 aromatic rings. The summed E-state index contributed by atoms with van der Waals surface area (Å²) >= 11 is 0. The van der Waals surface area contributed by atoms with E-state index in [0.29, 0.717) is 12.1 Å². The number of benzene rings is 1. The first-order valence-corrected chi connectivity index (χ1v) is 11.7. The van der Waals surface area contributed by atoms with Crippen LogP contribution in [0.1, 0.15) is 0 Å². The molecule has 0 atom stereocenters. The van der Waals surface area contributed by atoms with Crippen molar-refractivity contribution in [3.05, 3.63) is 30.3 Å². The number of alkyl halides is 25. The van der Waals surface area contributed by atoms with Crippen LogP contribution in [0.2, 0.25) is 0 Å². The normalized spacial score (nSPS) is 16.0. The Balaban J connectivity index is 0.0000221. The van der Waals surface area contributed by atoms with Gasteiger partial charge in [0.25, 0.3) is 0 Å². The first kappa shape index (κ1) is 46.2. The van der Waals surface area contributed by atoms with Gasteiger partial charge in [0, 0.05) is 0 Å². The predicted octanol–water partition coefficient (Wildman–Crippen LogP) is 8.25. The van der Waals surface area contributed by atoms with Gasteiger partial charge in [-0.1, -0.05) is 18.2 Å². The summed E-state index contributed by atoms with van der Waals surface area (Å²) in [7, 11) is -7.95. The van der Waals surface area contributed by atoms with E-state index in [1.54, 1.807) is 0 Å². The monoisotopic (exact) mass is 800 g/mol. The van der Waals surface area contributed by atoms with Gasteiger partial charge in [-0.05, 0) is 12.1 Å². The maximum absolute atomic E-state index is 14.0. The van der Waals surface area contributed by atoms with Crippen LogP contribution in [-0.4, -0.2) is 109 Å². The van der Waals surface area contributed by atoms with Crippen molar-refractivity contribution in [3.8, 4) is 5.75 Å². The van der Waals surface area contributed by atoms with E-state index < -0.39 is 86.5 Å². The van der Waals surface area contributed by atoms with E-state index in [-0.39, 0.29) is 41.7 Å². The summed E-state index contributed by atoms with van der Waals surface area (Å²) in [5.41, 5.74) is 0. The fraction of sp³-hybridized carbons (Fsp3) is 0.667. The van der Waals surface area contributed by atoms with Gasteiger partial charge in [0.15, 0.2) is 0 Å². The molecule has 3 nitrogen and oxygen atoms in total. The van der Waals surface area contributed by atoms with E-state index in [2.05, 4.69) is 4.18 Å². The van der Waals surface area contributed by atoms with Crippen LogP contribution in [0.3, 0.4) is 0 Å². The van der Waals surface area contributed by atoms with Crippen LogP contribution in [0.25, 0.3) is 0 Å². The fourth-order valence-electron chi connectivity index (χ4n) is 2.75. The maximum atomic E-state index is 14.0. The molecule has 0 aliphatic heterocycles. The molecule has 30 heteroatoms. The van der Waals surface area contributed by atoms with E-state index in [0.717, 1.165) is 6.07 Å². The molecule has 0 spiro atoms. The Morgan fingerprint density at radius 2 is 0.604 bits per heavy atom. The van der Waals surface area contributed by atoms with Crippen LogP contribution in [0.4, 0.5) is 110 Å². The Hall–Kier alpha value is -1.78. The second-order valence-corrected chi connectivity index (χ2v) is 10.2. The summed E-state index contributed by atoms with van der Waals surface area (Å²) in [6, 6.07) is 2.43. The first-order valence-electron chi connectivity index (χ1n) is 10.3. The molecule has 0 saturated heterocycles. The summed E-state index contributed by atoms with van der Waals surface area (Å²) in [6.07, 6.45) is -8.23. The summed E-state index contributed by atoms with van der Waals surface area (Å²) in [5, 5.41) is -8.08. The molecule has 0 radical (unpaired) electrons. The molecule has 0 bridgehead atoms. The number of rotatable bonds is 13. The molecule has 0 fully saturated rings. The Labute approximate surface area is 268 Å². The molecule has 0 aromatic heterocycles. The minimum atomic E-state index is -9.76. The van der Waals surface area contributed by atoms with Crippen molar-refractivity contribution in [2.75, 3.05) is 0 Å². The third-order valence-electron chi connectivity index (χ3n) is 5.53. The summed E-state index contributed by atoms with van der Waals surface area (Å²) in [4.78, 5) is 0. The van der Waals surface area contributed by atoms with Gasteiger partial charge in [-0.15, -0.1) is 0 Å². The second-order valence-electron chi connectivity index (χ2n) is 8.61. The van der Waals surface area contributed by atoms with Gasteiger partial charge in [0.05, 0.1) is 0 Å². The predicted molar refractivity (Wildman–Crippen MR) is 104 cm³/mol. The van der Waals surface area contributed by atoms with E-state index in [1.165, 1.54) is 0 Å². The van der Waals surface area contributed by atoms with Crippen molar-refractivity contribution in [2.45, 2.75) is 70.7 Å². The molecule has 0 amide bonds. The van der Waals surface area contributed by atoms with E-state index in [4.69, 9.17) is 0 Å². The quantitative estimate of drug-likeness (QED) is 0.115. The van der Waals surface area contributed by atoms with Crippen LogP contribution in [-0.2, 0) is 10.1 Å². The number of halogens is 25. The first-order chi connectivity index (χ1) is 20.1. The van der Waals surface area contributed by atoms with Crippen LogP contribution in [0, 0.1) is 0 Å². The van der Waals surface area contributed by atoms with Gasteiger partial charge >= 0.3 is 110 Å². The molecule has 278 valence electrons. The van der Waals surface area contributed by atoms with E-state index in [9.17, 15) is 118 Å². The standard InChI is InChI=1S/C18H5F25O3S.Na.H/c19-7(20,9(23,24)11(27,28)13(31,32)15(35,36)17(39,40)41)8(21,22)10(25,26)12(29,30)14(33,34)16(37,38)18(42,43)47(44,45)46-6-4-2-1-3-5-6;;/h1-5H;;. The fourth-order valence-corrected chi connectivity index (χ4v) is 3.66. The molecule has 0 heterocycles. The summed E-state index contributed by atoms with van der Waals surface area (Å²) < 4.78 is 362. The Bertz CT molecular complexity index is 1400. The van der Waals surface area contributed by atoms with Crippen molar-refractivity contribution in [3.63, 3.8) is 0 Å². The molecule has 1 rings (SSSR count). The van der Waals surface area contributed by atoms with E-state index in [1.807, 2.05) is 0 Å². The zero-order chi connectivity index (χ0) is 38.3. The Morgan fingerprint density at radius 1 is 0.375 bits per heavy atom. The van der Waals surface area contributed by atoms with Gasteiger partial charge in [-0.3, -0.25) is 0 Å². The molecule has 0 N–H and O–H groups in total. The molecule has 0 saturated carbocycles.